The minimum absolute atomic E-state index is 0.0932. The third-order valence-electron chi connectivity index (χ3n) is 2.95. The summed E-state index contributed by atoms with van der Waals surface area (Å²) in [4.78, 5) is 11.4. The highest BCUT2D eigenvalue weighted by molar-refractivity contribution is 5.83. The molecule has 0 aliphatic rings. The van der Waals surface area contributed by atoms with Gasteiger partial charge in [0.2, 0.25) is 0 Å². The Morgan fingerprint density at radius 1 is 1.00 bits per heavy atom. The van der Waals surface area contributed by atoms with Gasteiger partial charge in [0, 0.05) is 5.92 Å². The molecule has 0 amide bonds. The minimum Gasteiger partial charge on any atom is -0.457 e. The van der Waals surface area contributed by atoms with E-state index in [-0.39, 0.29) is 11.7 Å². The third-order valence-corrected chi connectivity index (χ3v) is 2.95. The molecule has 0 fully saturated rings. The van der Waals surface area contributed by atoms with Crippen molar-refractivity contribution >= 4 is 5.78 Å². The second-order valence-electron chi connectivity index (χ2n) is 4.32. The molecule has 2 nitrogen and oxygen atoms in total. The van der Waals surface area contributed by atoms with Gasteiger partial charge in [-0.1, -0.05) is 37.3 Å². The average Bonchev–Trinajstić information content (AvgIpc) is 2.39. The van der Waals surface area contributed by atoms with E-state index in [0.29, 0.717) is 0 Å². The fourth-order valence-corrected chi connectivity index (χ4v) is 1.71. The molecule has 0 unspecified atom stereocenters. The second kappa shape index (κ2) is 5.50. The highest BCUT2D eigenvalue weighted by Gasteiger charge is 2.11. The summed E-state index contributed by atoms with van der Waals surface area (Å²) in [7, 11) is 0. The molecule has 2 heteroatoms. The van der Waals surface area contributed by atoms with E-state index in [1.54, 1.807) is 6.92 Å². The Balaban J connectivity index is 2.20. The van der Waals surface area contributed by atoms with Crippen molar-refractivity contribution in [3.8, 4) is 11.5 Å². The average molecular weight is 240 g/mol. The lowest BCUT2D eigenvalue weighted by Gasteiger charge is -2.10. The lowest BCUT2D eigenvalue weighted by molar-refractivity contribution is -0.118. The smallest absolute Gasteiger partial charge is 0.136 e. The summed E-state index contributed by atoms with van der Waals surface area (Å²) in [6.45, 7) is 3.51. The number of carbonyl (C=O) groups excluding carboxylic acids is 1. The number of Topliss-reactive ketones (excluding diaryl/α,β-unsaturated/α-hetero) is 1. The zero-order valence-electron chi connectivity index (χ0n) is 10.6. The number of hydrogen-bond acceptors (Lipinski definition) is 2. The summed E-state index contributed by atoms with van der Waals surface area (Å²) in [5, 5.41) is 0. The molecular weight excluding hydrogens is 224 g/mol. The molecule has 0 radical (unpaired) electrons. The number of hydrogen-bond donors (Lipinski definition) is 0. The van der Waals surface area contributed by atoms with E-state index in [4.69, 9.17) is 4.74 Å². The molecule has 0 bridgehead atoms. The predicted octanol–water partition coefficient (Wildman–Crippen LogP) is 4.17. The van der Waals surface area contributed by atoms with Crippen LogP contribution in [0.3, 0.4) is 0 Å². The maximum absolute atomic E-state index is 11.4. The van der Waals surface area contributed by atoms with Gasteiger partial charge in [-0.3, -0.25) is 4.79 Å². The number of ketones is 1. The molecule has 18 heavy (non-hydrogen) atoms. The van der Waals surface area contributed by atoms with Gasteiger partial charge in [0.15, 0.2) is 0 Å². The lowest BCUT2D eigenvalue weighted by Crippen LogP contribution is -2.03. The fraction of sp³-hybridized carbons (Fsp3) is 0.188. The first kappa shape index (κ1) is 12.4. The molecule has 2 aromatic rings. The normalized spacial score (nSPS) is 11.9. The molecule has 0 spiro atoms. The Labute approximate surface area is 107 Å². The van der Waals surface area contributed by atoms with Crippen LogP contribution in [0.15, 0.2) is 54.6 Å². The van der Waals surface area contributed by atoms with E-state index in [0.717, 1.165) is 17.1 Å². The van der Waals surface area contributed by atoms with Crippen molar-refractivity contribution in [1.82, 2.24) is 0 Å². The van der Waals surface area contributed by atoms with Crippen LogP contribution in [0.25, 0.3) is 0 Å². The Hall–Kier alpha value is -2.09. The first-order valence-corrected chi connectivity index (χ1v) is 6.00. The fourth-order valence-electron chi connectivity index (χ4n) is 1.71. The first-order chi connectivity index (χ1) is 8.66. The lowest BCUT2D eigenvalue weighted by atomic mass is 9.97. The number of ether oxygens (including phenoxy) is 1. The van der Waals surface area contributed by atoms with Gasteiger partial charge in [-0.15, -0.1) is 0 Å². The van der Waals surface area contributed by atoms with Crippen LogP contribution in [0.5, 0.6) is 11.5 Å². The molecule has 2 rings (SSSR count). The molecule has 0 aliphatic heterocycles. The van der Waals surface area contributed by atoms with E-state index in [9.17, 15) is 4.79 Å². The van der Waals surface area contributed by atoms with Crippen molar-refractivity contribution in [3.05, 3.63) is 60.2 Å². The zero-order chi connectivity index (χ0) is 13.0. The van der Waals surface area contributed by atoms with Crippen LogP contribution in [0.2, 0.25) is 0 Å². The van der Waals surface area contributed by atoms with Crippen molar-refractivity contribution in [2.24, 2.45) is 0 Å². The zero-order valence-corrected chi connectivity index (χ0v) is 10.6. The van der Waals surface area contributed by atoms with Crippen molar-refractivity contribution in [2.75, 3.05) is 0 Å². The van der Waals surface area contributed by atoms with Crippen LogP contribution in [0.4, 0.5) is 0 Å². The number of benzene rings is 2. The van der Waals surface area contributed by atoms with Gasteiger partial charge in [-0.2, -0.15) is 0 Å². The number of carbonyl (C=O) groups is 1. The molecule has 0 saturated heterocycles. The van der Waals surface area contributed by atoms with Crippen LogP contribution in [0.1, 0.15) is 25.3 Å². The highest BCUT2D eigenvalue weighted by Crippen LogP contribution is 2.25. The van der Waals surface area contributed by atoms with Gasteiger partial charge >= 0.3 is 0 Å². The van der Waals surface area contributed by atoms with E-state index in [1.807, 2.05) is 61.5 Å². The summed E-state index contributed by atoms with van der Waals surface area (Å²) in [5.74, 6) is 1.62. The molecule has 0 saturated carbocycles. The van der Waals surface area contributed by atoms with Crippen LogP contribution < -0.4 is 4.74 Å². The quantitative estimate of drug-likeness (QED) is 0.801. The predicted molar refractivity (Wildman–Crippen MR) is 72.1 cm³/mol. The maximum atomic E-state index is 11.4. The largest absolute Gasteiger partial charge is 0.457 e. The Morgan fingerprint density at radius 3 is 2.33 bits per heavy atom. The van der Waals surface area contributed by atoms with Gasteiger partial charge in [0.05, 0.1) is 0 Å². The monoisotopic (exact) mass is 240 g/mol. The van der Waals surface area contributed by atoms with Gasteiger partial charge < -0.3 is 4.74 Å². The van der Waals surface area contributed by atoms with Gasteiger partial charge in [0.25, 0.3) is 0 Å². The Kier molecular flexibility index (Phi) is 3.78. The number of para-hydroxylation sites is 1. The molecule has 2 aromatic carbocycles. The molecule has 0 N–H and O–H groups in total. The minimum atomic E-state index is -0.0932. The van der Waals surface area contributed by atoms with Crippen LogP contribution in [-0.2, 0) is 4.79 Å². The molecular formula is C16H16O2. The van der Waals surface area contributed by atoms with Gasteiger partial charge in [0.1, 0.15) is 17.3 Å². The standard InChI is InChI=1S/C16H16O2/c1-12(13(2)17)14-7-6-10-16(11-14)18-15-8-4-3-5-9-15/h3-12H,1-2H3/t12-/m0/s1. The van der Waals surface area contributed by atoms with Crippen molar-refractivity contribution in [1.29, 1.82) is 0 Å². The SMILES string of the molecule is CC(=O)[C@H](C)c1cccc(Oc2ccccc2)c1. The van der Waals surface area contributed by atoms with E-state index in [1.165, 1.54) is 0 Å². The van der Waals surface area contributed by atoms with E-state index < -0.39 is 0 Å². The first-order valence-electron chi connectivity index (χ1n) is 6.00. The topological polar surface area (TPSA) is 26.3 Å². The van der Waals surface area contributed by atoms with E-state index >= 15 is 0 Å². The van der Waals surface area contributed by atoms with Crippen molar-refractivity contribution < 1.29 is 9.53 Å². The summed E-state index contributed by atoms with van der Waals surface area (Å²) >= 11 is 0. The van der Waals surface area contributed by atoms with Crippen molar-refractivity contribution in [2.45, 2.75) is 19.8 Å². The third kappa shape index (κ3) is 2.98. The summed E-state index contributed by atoms with van der Waals surface area (Å²) < 4.78 is 5.74. The van der Waals surface area contributed by atoms with Gasteiger partial charge in [-0.05, 0) is 36.8 Å². The molecule has 0 heterocycles. The second-order valence-corrected chi connectivity index (χ2v) is 4.32. The summed E-state index contributed by atoms with van der Waals surface area (Å²) in [6, 6.07) is 17.3. The van der Waals surface area contributed by atoms with Crippen LogP contribution >= 0.6 is 0 Å². The Morgan fingerprint density at radius 2 is 1.67 bits per heavy atom. The highest BCUT2D eigenvalue weighted by atomic mass is 16.5. The maximum Gasteiger partial charge on any atom is 0.136 e. The number of rotatable bonds is 4. The molecule has 1 atom stereocenters. The Bertz CT molecular complexity index is 532. The van der Waals surface area contributed by atoms with Crippen LogP contribution in [0, 0.1) is 0 Å². The summed E-state index contributed by atoms with van der Waals surface area (Å²) in [6.07, 6.45) is 0. The van der Waals surface area contributed by atoms with Crippen molar-refractivity contribution in [3.63, 3.8) is 0 Å². The van der Waals surface area contributed by atoms with E-state index in [2.05, 4.69) is 0 Å². The molecule has 92 valence electrons. The van der Waals surface area contributed by atoms with Crippen LogP contribution in [-0.4, -0.2) is 5.78 Å². The molecule has 0 aromatic heterocycles. The van der Waals surface area contributed by atoms with Gasteiger partial charge in [-0.25, -0.2) is 0 Å². The molecule has 0 aliphatic carbocycles. The summed E-state index contributed by atoms with van der Waals surface area (Å²) in [5.41, 5.74) is 0.982.